The van der Waals surface area contributed by atoms with E-state index in [1.165, 1.54) is 16.6 Å². The number of nitrogens with zero attached hydrogens (tertiary/aromatic N) is 1. The molecule has 5 unspecified atom stereocenters. The molecule has 1 aliphatic heterocycles. The maximum Gasteiger partial charge on any atom is 0.251 e. The number of nitrogens with one attached hydrogen (secondary N) is 3. The average molecular weight is 563 g/mol. The molecule has 0 aromatic heterocycles. The highest BCUT2D eigenvalue weighted by atomic mass is 32.2. The van der Waals surface area contributed by atoms with Gasteiger partial charge in [-0.05, 0) is 62.1 Å². The fraction of sp³-hybridized carbons (Fsp3) is 0.355. The van der Waals surface area contributed by atoms with Gasteiger partial charge in [-0.15, -0.1) is 0 Å². The van der Waals surface area contributed by atoms with Gasteiger partial charge in [0.2, 0.25) is 0 Å². The predicted octanol–water partition coefficient (Wildman–Crippen LogP) is 3.36. The first kappa shape index (κ1) is 29.5. The third-order valence-corrected chi connectivity index (χ3v) is 8.36. The first-order chi connectivity index (χ1) is 19.2. The van der Waals surface area contributed by atoms with E-state index >= 15 is 0 Å². The van der Waals surface area contributed by atoms with Crippen molar-refractivity contribution in [3.63, 3.8) is 0 Å². The Hall–Kier alpha value is -3.53. The molecule has 212 valence electrons. The number of hydrogen-bond donors (Lipinski definition) is 4. The Balaban J connectivity index is 1.61. The molecule has 8 nitrogen and oxygen atoms in total. The third kappa shape index (κ3) is 7.56. The van der Waals surface area contributed by atoms with Gasteiger partial charge in [0.15, 0.2) is 0 Å². The van der Waals surface area contributed by atoms with Crippen LogP contribution in [0.4, 0.5) is 5.69 Å². The molecule has 4 N–H and O–H groups in total. The second kappa shape index (κ2) is 13.7. The highest BCUT2D eigenvalue weighted by Crippen LogP contribution is 2.22. The molecular formula is C31H38N4O4S. The van der Waals surface area contributed by atoms with Crippen molar-refractivity contribution in [1.29, 1.82) is 0 Å². The maximum absolute atomic E-state index is 13.7. The minimum Gasteiger partial charge on any atom is -0.389 e. The summed E-state index contributed by atoms with van der Waals surface area (Å²) in [6.07, 6.45) is 2.98. The van der Waals surface area contributed by atoms with Crippen LogP contribution in [0.2, 0.25) is 0 Å². The Labute approximate surface area is 238 Å². The van der Waals surface area contributed by atoms with Crippen molar-refractivity contribution in [2.45, 2.75) is 50.4 Å². The summed E-state index contributed by atoms with van der Waals surface area (Å²) in [6.45, 7) is 2.72. The summed E-state index contributed by atoms with van der Waals surface area (Å²) in [5, 5.41) is 20.6. The van der Waals surface area contributed by atoms with Crippen LogP contribution in [0.5, 0.6) is 0 Å². The number of amides is 2. The van der Waals surface area contributed by atoms with Crippen LogP contribution in [-0.4, -0.2) is 59.2 Å². The number of aliphatic hydroxyl groups is 1. The maximum atomic E-state index is 13.7. The smallest absolute Gasteiger partial charge is 0.251 e. The monoisotopic (exact) mass is 562 g/mol. The summed E-state index contributed by atoms with van der Waals surface area (Å²) in [5.74, 6) is -0.765. The van der Waals surface area contributed by atoms with Gasteiger partial charge in [-0.1, -0.05) is 60.7 Å². The summed E-state index contributed by atoms with van der Waals surface area (Å²) >= 11 is 0. The van der Waals surface area contributed by atoms with Crippen molar-refractivity contribution < 1.29 is 18.9 Å². The third-order valence-electron chi connectivity index (χ3n) is 7.38. The molecule has 5 atom stereocenters. The SMILES string of the molecule is CC(NC(=O)c1cc(C(=O)NC(Cc2ccccc2)C(O)C2CCCN2)cc(N(C)S(C)=O)c1)c1ccccc1. The van der Waals surface area contributed by atoms with E-state index in [0.717, 1.165) is 30.5 Å². The Bertz CT molecular complexity index is 1320. The minimum absolute atomic E-state index is 0.116. The highest BCUT2D eigenvalue weighted by Gasteiger charge is 2.31. The van der Waals surface area contributed by atoms with Crippen molar-refractivity contribution in [3.05, 3.63) is 101 Å². The van der Waals surface area contributed by atoms with Crippen LogP contribution < -0.4 is 20.3 Å². The van der Waals surface area contributed by atoms with Gasteiger partial charge in [0.25, 0.3) is 11.8 Å². The van der Waals surface area contributed by atoms with Gasteiger partial charge in [0, 0.05) is 30.5 Å². The number of benzene rings is 3. The Kier molecular flexibility index (Phi) is 10.1. The lowest BCUT2D eigenvalue weighted by Crippen LogP contribution is -2.52. The molecule has 3 aromatic rings. The van der Waals surface area contributed by atoms with Crippen LogP contribution >= 0.6 is 0 Å². The van der Waals surface area contributed by atoms with Crippen LogP contribution in [-0.2, 0) is 17.4 Å². The number of rotatable bonds is 11. The summed E-state index contributed by atoms with van der Waals surface area (Å²) in [4.78, 5) is 27.0. The van der Waals surface area contributed by atoms with Gasteiger partial charge in [-0.3, -0.25) is 13.9 Å². The van der Waals surface area contributed by atoms with Crippen LogP contribution in [0, 0.1) is 0 Å². The number of anilines is 1. The lowest BCUT2D eigenvalue weighted by Gasteiger charge is -2.29. The number of hydrogen-bond acceptors (Lipinski definition) is 5. The molecular weight excluding hydrogens is 524 g/mol. The molecule has 0 spiro atoms. The van der Waals surface area contributed by atoms with Crippen molar-refractivity contribution in [1.82, 2.24) is 16.0 Å². The van der Waals surface area contributed by atoms with E-state index < -0.39 is 29.0 Å². The number of aliphatic hydroxyl groups excluding tert-OH is 1. The zero-order chi connectivity index (χ0) is 28.6. The lowest BCUT2D eigenvalue weighted by molar-refractivity contribution is 0.0738. The molecule has 3 aromatic carbocycles. The van der Waals surface area contributed by atoms with Crippen molar-refractivity contribution in [2.75, 3.05) is 24.2 Å². The van der Waals surface area contributed by atoms with E-state index in [1.807, 2.05) is 67.6 Å². The van der Waals surface area contributed by atoms with Crippen LogP contribution in [0.3, 0.4) is 0 Å². The second-order valence-corrected chi connectivity index (χ2v) is 11.7. The van der Waals surface area contributed by atoms with Gasteiger partial charge in [-0.25, -0.2) is 4.21 Å². The summed E-state index contributed by atoms with van der Waals surface area (Å²) in [7, 11) is 0.278. The molecule has 1 saturated heterocycles. The Morgan fingerprint density at radius 2 is 1.60 bits per heavy atom. The molecule has 0 aliphatic carbocycles. The van der Waals surface area contributed by atoms with Crippen molar-refractivity contribution in [3.8, 4) is 0 Å². The molecule has 40 heavy (non-hydrogen) atoms. The number of carbonyl (C=O) groups is 2. The van der Waals surface area contributed by atoms with Crippen LogP contribution in [0.25, 0.3) is 0 Å². The average Bonchev–Trinajstić information content (AvgIpc) is 3.52. The van der Waals surface area contributed by atoms with E-state index in [2.05, 4.69) is 16.0 Å². The zero-order valence-electron chi connectivity index (χ0n) is 23.2. The molecule has 4 rings (SSSR count). The molecule has 0 radical (unpaired) electrons. The predicted molar refractivity (Wildman–Crippen MR) is 160 cm³/mol. The number of carbonyl (C=O) groups excluding carboxylic acids is 2. The Morgan fingerprint density at radius 1 is 1.00 bits per heavy atom. The Morgan fingerprint density at radius 3 is 2.17 bits per heavy atom. The van der Waals surface area contributed by atoms with Crippen LogP contribution in [0.15, 0.2) is 78.9 Å². The molecule has 9 heteroatoms. The normalized spacial score (nSPS) is 17.9. The minimum atomic E-state index is -1.37. The first-order valence-corrected chi connectivity index (χ1v) is 15.1. The van der Waals surface area contributed by atoms with E-state index in [9.17, 15) is 18.9 Å². The van der Waals surface area contributed by atoms with E-state index in [-0.39, 0.29) is 29.1 Å². The fourth-order valence-corrected chi connectivity index (χ4v) is 5.37. The van der Waals surface area contributed by atoms with Gasteiger partial charge < -0.3 is 21.1 Å². The van der Waals surface area contributed by atoms with Crippen molar-refractivity contribution >= 4 is 28.5 Å². The highest BCUT2D eigenvalue weighted by molar-refractivity contribution is 7.85. The van der Waals surface area contributed by atoms with E-state index in [4.69, 9.17) is 0 Å². The van der Waals surface area contributed by atoms with Gasteiger partial charge >= 0.3 is 0 Å². The summed E-state index contributed by atoms with van der Waals surface area (Å²) in [6, 6.07) is 23.2. The molecule has 1 fully saturated rings. The quantitative estimate of drug-likeness (QED) is 0.287. The fourth-order valence-electron chi connectivity index (χ4n) is 4.97. The lowest BCUT2D eigenvalue weighted by atomic mass is 9.95. The first-order valence-electron chi connectivity index (χ1n) is 13.6. The molecule has 0 bridgehead atoms. The molecule has 0 saturated carbocycles. The molecule has 1 aliphatic rings. The summed E-state index contributed by atoms with van der Waals surface area (Å²) < 4.78 is 13.8. The molecule has 2 amide bonds. The second-order valence-electron chi connectivity index (χ2n) is 10.3. The largest absolute Gasteiger partial charge is 0.389 e. The topological polar surface area (TPSA) is 111 Å². The van der Waals surface area contributed by atoms with Crippen molar-refractivity contribution in [2.24, 2.45) is 0 Å². The van der Waals surface area contributed by atoms with E-state index in [1.54, 1.807) is 19.2 Å². The van der Waals surface area contributed by atoms with Gasteiger partial charge in [0.05, 0.1) is 23.9 Å². The standard InChI is InChI=1S/C31H38N4O4S/c1-21(23-13-8-5-9-14-23)33-30(37)24-18-25(20-26(19-24)35(2)40(3)39)31(38)34-28(17-22-11-6-4-7-12-22)29(36)27-15-10-16-32-27/h4-9,11-14,18-21,27-29,32,36H,10,15-17H2,1-3H3,(H,33,37)(H,34,38). The van der Waals surface area contributed by atoms with Gasteiger partial charge in [0.1, 0.15) is 11.0 Å². The van der Waals surface area contributed by atoms with E-state index in [0.29, 0.717) is 12.1 Å². The van der Waals surface area contributed by atoms with Gasteiger partial charge in [-0.2, -0.15) is 0 Å². The zero-order valence-corrected chi connectivity index (χ0v) is 24.0. The molecule has 1 heterocycles. The summed E-state index contributed by atoms with van der Waals surface area (Å²) in [5.41, 5.74) is 2.95. The van der Waals surface area contributed by atoms with Crippen LogP contribution in [0.1, 0.15) is 57.7 Å².